The fourth-order valence-electron chi connectivity index (χ4n) is 2.31. The highest BCUT2D eigenvalue weighted by Gasteiger charge is 2.14. The predicted molar refractivity (Wildman–Crippen MR) is 90.8 cm³/mol. The number of anilines is 1. The van der Waals surface area contributed by atoms with Gasteiger partial charge >= 0.3 is 0 Å². The molecule has 0 spiro atoms. The number of aromatic nitrogens is 2. The van der Waals surface area contributed by atoms with E-state index in [0.29, 0.717) is 6.04 Å². The lowest BCUT2D eigenvalue weighted by Crippen LogP contribution is -2.33. The first-order chi connectivity index (χ1) is 10.1. The van der Waals surface area contributed by atoms with Crippen molar-refractivity contribution in [2.75, 3.05) is 18.0 Å². The molecule has 0 atom stereocenters. The van der Waals surface area contributed by atoms with Crippen molar-refractivity contribution in [1.82, 2.24) is 15.3 Å². The molecule has 1 aromatic rings. The first-order valence-corrected chi connectivity index (χ1v) is 8.40. The quantitative estimate of drug-likeness (QED) is 0.668. The number of nitrogens with one attached hydrogen (secondary N) is 1. The summed E-state index contributed by atoms with van der Waals surface area (Å²) in [6.45, 7) is 13.8. The minimum atomic E-state index is 0.435. The normalized spacial score (nSPS) is 11.1. The van der Waals surface area contributed by atoms with Gasteiger partial charge in [0.05, 0.1) is 0 Å². The molecule has 1 heterocycles. The second kappa shape index (κ2) is 9.72. The van der Waals surface area contributed by atoms with Gasteiger partial charge in [-0.25, -0.2) is 9.97 Å². The van der Waals surface area contributed by atoms with Gasteiger partial charge in [0.15, 0.2) is 0 Å². The van der Waals surface area contributed by atoms with Crippen molar-refractivity contribution in [3.05, 3.63) is 17.5 Å². The van der Waals surface area contributed by atoms with Crippen LogP contribution in [0.3, 0.4) is 0 Å². The number of unbranched alkanes of at least 4 members (excludes halogenated alkanes) is 2. The van der Waals surface area contributed by atoms with E-state index in [1.54, 1.807) is 0 Å². The number of nitrogens with zero attached hydrogens (tertiary/aromatic N) is 3. The zero-order valence-corrected chi connectivity index (χ0v) is 14.4. The molecule has 120 valence electrons. The molecule has 0 aliphatic carbocycles. The third-order valence-corrected chi connectivity index (χ3v) is 3.69. The molecule has 0 bridgehead atoms. The molecule has 1 rings (SSSR count). The Morgan fingerprint density at radius 2 is 1.95 bits per heavy atom. The van der Waals surface area contributed by atoms with Gasteiger partial charge in [0.25, 0.3) is 0 Å². The van der Waals surface area contributed by atoms with E-state index in [0.717, 1.165) is 37.7 Å². The molecule has 0 saturated heterocycles. The Labute approximate surface area is 130 Å². The van der Waals surface area contributed by atoms with Gasteiger partial charge in [-0.15, -0.1) is 0 Å². The molecule has 0 unspecified atom stereocenters. The van der Waals surface area contributed by atoms with E-state index in [4.69, 9.17) is 4.98 Å². The molecule has 0 saturated carbocycles. The van der Waals surface area contributed by atoms with Crippen molar-refractivity contribution >= 4 is 5.95 Å². The van der Waals surface area contributed by atoms with Crippen LogP contribution >= 0.6 is 0 Å². The molecule has 4 nitrogen and oxygen atoms in total. The number of hydrogen-bond donors (Lipinski definition) is 1. The Hall–Kier alpha value is -1.16. The fraction of sp³-hybridized carbons (Fsp3) is 0.765. The fourth-order valence-corrected chi connectivity index (χ4v) is 2.31. The molecule has 21 heavy (non-hydrogen) atoms. The van der Waals surface area contributed by atoms with E-state index in [2.05, 4.69) is 49.8 Å². The predicted octanol–water partition coefficient (Wildman–Crippen LogP) is 3.69. The second-order valence-electron chi connectivity index (χ2n) is 5.95. The lowest BCUT2D eigenvalue weighted by molar-refractivity contribution is 0.609. The van der Waals surface area contributed by atoms with Gasteiger partial charge in [-0.3, -0.25) is 0 Å². The zero-order chi connectivity index (χ0) is 15.7. The van der Waals surface area contributed by atoms with Gasteiger partial charge < -0.3 is 10.2 Å². The van der Waals surface area contributed by atoms with E-state index in [1.807, 2.05) is 6.20 Å². The summed E-state index contributed by atoms with van der Waals surface area (Å²) < 4.78 is 0. The summed E-state index contributed by atoms with van der Waals surface area (Å²) >= 11 is 0. The molecule has 1 aromatic heterocycles. The highest BCUT2D eigenvalue weighted by molar-refractivity contribution is 5.33. The maximum absolute atomic E-state index is 4.73. The van der Waals surface area contributed by atoms with Crippen LogP contribution in [0.25, 0.3) is 0 Å². The molecule has 4 heteroatoms. The molecular weight excluding hydrogens is 260 g/mol. The SMILES string of the molecule is CCCCCN(c1ncc(CNCCC)c(C)n1)C(C)C. The molecule has 0 aliphatic heterocycles. The average molecular weight is 292 g/mol. The van der Waals surface area contributed by atoms with Crippen LogP contribution in [-0.2, 0) is 6.54 Å². The van der Waals surface area contributed by atoms with Crippen molar-refractivity contribution in [2.45, 2.75) is 72.9 Å². The van der Waals surface area contributed by atoms with Crippen molar-refractivity contribution < 1.29 is 0 Å². The van der Waals surface area contributed by atoms with Gasteiger partial charge in [0.2, 0.25) is 5.95 Å². The van der Waals surface area contributed by atoms with E-state index < -0.39 is 0 Å². The maximum Gasteiger partial charge on any atom is 0.225 e. The molecule has 0 radical (unpaired) electrons. The number of hydrogen-bond acceptors (Lipinski definition) is 4. The van der Waals surface area contributed by atoms with Crippen molar-refractivity contribution in [3.8, 4) is 0 Å². The summed E-state index contributed by atoms with van der Waals surface area (Å²) in [5.41, 5.74) is 2.29. The molecule has 1 N–H and O–H groups in total. The van der Waals surface area contributed by atoms with Crippen LogP contribution in [0.5, 0.6) is 0 Å². The smallest absolute Gasteiger partial charge is 0.225 e. The minimum absolute atomic E-state index is 0.435. The monoisotopic (exact) mass is 292 g/mol. The van der Waals surface area contributed by atoms with Crippen molar-refractivity contribution in [2.24, 2.45) is 0 Å². The summed E-state index contributed by atoms with van der Waals surface area (Å²) in [6, 6.07) is 0.435. The van der Waals surface area contributed by atoms with Gasteiger partial charge in [-0.05, 0) is 40.2 Å². The molecule has 0 fully saturated rings. The standard InChI is InChI=1S/C17H32N4/c1-6-8-9-11-21(14(3)4)17-19-13-16(15(5)20-17)12-18-10-7-2/h13-14,18H,6-12H2,1-5H3. The van der Waals surface area contributed by atoms with Crippen LogP contribution < -0.4 is 10.2 Å². The van der Waals surface area contributed by atoms with Gasteiger partial charge in [-0.1, -0.05) is 26.7 Å². The lowest BCUT2D eigenvalue weighted by Gasteiger charge is -2.27. The third-order valence-electron chi connectivity index (χ3n) is 3.69. The Morgan fingerprint density at radius 1 is 1.19 bits per heavy atom. The second-order valence-corrected chi connectivity index (χ2v) is 5.95. The first kappa shape index (κ1) is 17.9. The van der Waals surface area contributed by atoms with Crippen molar-refractivity contribution in [1.29, 1.82) is 0 Å². The summed E-state index contributed by atoms with van der Waals surface area (Å²) in [5, 5.41) is 3.41. The van der Waals surface area contributed by atoms with Crippen molar-refractivity contribution in [3.63, 3.8) is 0 Å². The van der Waals surface area contributed by atoms with Gasteiger partial charge in [-0.2, -0.15) is 0 Å². The summed E-state index contributed by atoms with van der Waals surface area (Å²) in [5.74, 6) is 0.873. The van der Waals surface area contributed by atoms with E-state index >= 15 is 0 Å². The molecular formula is C17H32N4. The topological polar surface area (TPSA) is 41.1 Å². The van der Waals surface area contributed by atoms with Gasteiger partial charge in [0, 0.05) is 36.6 Å². The van der Waals surface area contributed by atoms with E-state index in [1.165, 1.54) is 24.8 Å². The van der Waals surface area contributed by atoms with Crippen LogP contribution in [0.2, 0.25) is 0 Å². The zero-order valence-electron chi connectivity index (χ0n) is 14.4. The highest BCUT2D eigenvalue weighted by Crippen LogP contribution is 2.15. The Bertz CT molecular complexity index is 404. The van der Waals surface area contributed by atoms with Crippen LogP contribution in [-0.4, -0.2) is 29.1 Å². The number of aryl methyl sites for hydroxylation is 1. The largest absolute Gasteiger partial charge is 0.338 e. The first-order valence-electron chi connectivity index (χ1n) is 8.40. The molecule has 0 amide bonds. The highest BCUT2D eigenvalue weighted by atomic mass is 15.3. The molecule has 0 aliphatic rings. The lowest BCUT2D eigenvalue weighted by atomic mass is 10.2. The molecule has 0 aromatic carbocycles. The summed E-state index contributed by atoms with van der Waals surface area (Å²) in [7, 11) is 0. The third kappa shape index (κ3) is 6.00. The van der Waals surface area contributed by atoms with Crippen LogP contribution in [0, 0.1) is 6.92 Å². The van der Waals surface area contributed by atoms with Crippen LogP contribution in [0.4, 0.5) is 5.95 Å². The Morgan fingerprint density at radius 3 is 2.52 bits per heavy atom. The average Bonchev–Trinajstić information content (AvgIpc) is 2.45. The summed E-state index contributed by atoms with van der Waals surface area (Å²) in [6.07, 6.45) is 6.85. The van der Waals surface area contributed by atoms with Crippen LogP contribution in [0.15, 0.2) is 6.20 Å². The van der Waals surface area contributed by atoms with E-state index in [-0.39, 0.29) is 0 Å². The minimum Gasteiger partial charge on any atom is -0.338 e. The Kier molecular flexibility index (Phi) is 8.28. The maximum atomic E-state index is 4.73. The summed E-state index contributed by atoms with van der Waals surface area (Å²) in [4.78, 5) is 11.6. The Balaban J connectivity index is 2.73. The van der Waals surface area contributed by atoms with Crippen LogP contribution in [0.1, 0.15) is 64.6 Å². The van der Waals surface area contributed by atoms with Gasteiger partial charge in [0.1, 0.15) is 0 Å². The number of rotatable bonds is 10. The van der Waals surface area contributed by atoms with E-state index in [9.17, 15) is 0 Å².